The predicted octanol–water partition coefficient (Wildman–Crippen LogP) is 3.84. The third kappa shape index (κ3) is 4.79. The molecule has 0 amide bonds. The molecule has 2 N–H and O–H groups in total. The minimum atomic E-state index is -0.847. The first-order chi connectivity index (χ1) is 8.65. The van der Waals surface area contributed by atoms with Gasteiger partial charge >= 0.3 is 5.97 Å². The lowest BCUT2D eigenvalue weighted by Gasteiger charge is -2.39. The summed E-state index contributed by atoms with van der Waals surface area (Å²) < 4.78 is 0. The highest BCUT2D eigenvalue weighted by molar-refractivity contribution is 5.67. The minimum absolute atomic E-state index is 0.0881. The van der Waals surface area contributed by atoms with Gasteiger partial charge < -0.3 is 10.2 Å². The van der Waals surface area contributed by atoms with Crippen molar-refractivity contribution >= 4 is 5.97 Å². The first kappa shape index (κ1) is 16.5. The molecule has 0 heterocycles. The number of aliphatic carboxylic acids is 1. The molecule has 1 aliphatic rings. The third-order valence-corrected chi connectivity index (χ3v) is 5.34. The molecule has 0 saturated heterocycles. The van der Waals surface area contributed by atoms with Gasteiger partial charge in [0.15, 0.2) is 0 Å². The zero-order valence-electron chi connectivity index (χ0n) is 12.9. The van der Waals surface area contributed by atoms with E-state index >= 15 is 0 Å². The van der Waals surface area contributed by atoms with Crippen LogP contribution in [0.1, 0.15) is 72.6 Å². The van der Waals surface area contributed by atoms with E-state index in [0.29, 0.717) is 17.8 Å². The Morgan fingerprint density at radius 1 is 1.16 bits per heavy atom. The van der Waals surface area contributed by atoms with Gasteiger partial charge in [0, 0.05) is 0 Å². The molecule has 1 fully saturated rings. The van der Waals surface area contributed by atoms with Crippen LogP contribution in [-0.4, -0.2) is 21.8 Å². The van der Waals surface area contributed by atoms with Crippen molar-refractivity contribution in [3.05, 3.63) is 0 Å². The lowest BCUT2D eigenvalue weighted by Crippen LogP contribution is -2.38. The van der Waals surface area contributed by atoms with Crippen LogP contribution < -0.4 is 0 Å². The van der Waals surface area contributed by atoms with Crippen LogP contribution in [-0.2, 0) is 4.79 Å². The molecule has 0 bridgehead atoms. The Balaban J connectivity index is 2.78. The van der Waals surface area contributed by atoms with Crippen molar-refractivity contribution in [2.45, 2.75) is 78.2 Å². The van der Waals surface area contributed by atoms with Crippen LogP contribution in [0.15, 0.2) is 0 Å². The van der Waals surface area contributed by atoms with E-state index in [2.05, 4.69) is 20.8 Å². The van der Waals surface area contributed by atoms with Crippen molar-refractivity contribution in [2.75, 3.05) is 0 Å². The zero-order chi connectivity index (χ0) is 14.7. The quantitative estimate of drug-likeness (QED) is 0.801. The zero-order valence-corrected chi connectivity index (χ0v) is 12.9. The van der Waals surface area contributed by atoms with Crippen LogP contribution in [0.5, 0.6) is 0 Å². The lowest BCUT2D eigenvalue weighted by atomic mass is 9.69. The summed E-state index contributed by atoms with van der Waals surface area (Å²) in [5, 5.41) is 19.6. The van der Waals surface area contributed by atoms with Gasteiger partial charge in [-0.1, -0.05) is 33.6 Å². The molecule has 0 aromatic carbocycles. The van der Waals surface area contributed by atoms with Gasteiger partial charge in [0.1, 0.15) is 0 Å². The fraction of sp³-hybridized carbons (Fsp3) is 0.938. The van der Waals surface area contributed by atoms with E-state index in [1.807, 2.05) is 6.92 Å². The first-order valence-electron chi connectivity index (χ1n) is 7.59. The maximum atomic E-state index is 11.0. The topological polar surface area (TPSA) is 57.5 Å². The summed E-state index contributed by atoms with van der Waals surface area (Å²) in [6.07, 6.45) is 5.92. The Bertz CT molecular complexity index is 307. The molecular weight excluding hydrogens is 240 g/mol. The molecule has 0 aromatic rings. The molecule has 0 radical (unpaired) electrons. The van der Waals surface area contributed by atoms with Crippen molar-refractivity contribution < 1.29 is 15.0 Å². The molecule has 3 nitrogen and oxygen atoms in total. The van der Waals surface area contributed by atoms with E-state index < -0.39 is 11.6 Å². The molecule has 19 heavy (non-hydrogen) atoms. The number of aliphatic hydroxyl groups is 1. The van der Waals surface area contributed by atoms with Gasteiger partial charge in [-0.15, -0.1) is 0 Å². The van der Waals surface area contributed by atoms with Crippen molar-refractivity contribution in [3.8, 4) is 0 Å². The largest absolute Gasteiger partial charge is 0.481 e. The summed E-state index contributed by atoms with van der Waals surface area (Å²) in [7, 11) is 0. The van der Waals surface area contributed by atoms with Crippen LogP contribution in [0.4, 0.5) is 0 Å². The number of hydrogen-bond acceptors (Lipinski definition) is 2. The van der Waals surface area contributed by atoms with Crippen LogP contribution in [0.2, 0.25) is 0 Å². The van der Waals surface area contributed by atoms with Gasteiger partial charge in [-0.05, 0) is 49.9 Å². The van der Waals surface area contributed by atoms with E-state index in [4.69, 9.17) is 5.11 Å². The van der Waals surface area contributed by atoms with Crippen LogP contribution in [0, 0.1) is 17.3 Å². The molecule has 1 rings (SSSR count). The smallest absolute Gasteiger partial charge is 0.303 e. The monoisotopic (exact) mass is 270 g/mol. The first-order valence-corrected chi connectivity index (χ1v) is 7.59. The number of carbonyl (C=O) groups is 1. The predicted molar refractivity (Wildman–Crippen MR) is 77.0 cm³/mol. The fourth-order valence-corrected chi connectivity index (χ4v) is 3.17. The van der Waals surface area contributed by atoms with Crippen molar-refractivity contribution in [3.63, 3.8) is 0 Å². The van der Waals surface area contributed by atoms with E-state index in [1.165, 1.54) is 6.42 Å². The molecule has 3 atom stereocenters. The van der Waals surface area contributed by atoms with Crippen molar-refractivity contribution in [2.24, 2.45) is 17.3 Å². The second-order valence-electron chi connectivity index (χ2n) is 7.33. The maximum absolute atomic E-state index is 11.0. The standard InChI is InChI=1S/C16H30O3/c1-12-8-10-16(4,19)13(11-14(17)18)7-5-6-9-15(12,2)3/h12-13,19H,5-11H2,1-4H3,(H,17,18)/t12?,13-,16+/m1/s1. The Kier molecular flexibility index (Phi) is 5.43. The normalized spacial score (nSPS) is 36.7. The number of carboxylic acid groups (broad SMARTS) is 1. The van der Waals surface area contributed by atoms with Gasteiger partial charge in [-0.3, -0.25) is 4.79 Å². The Hall–Kier alpha value is -0.570. The van der Waals surface area contributed by atoms with E-state index in [-0.39, 0.29) is 12.3 Å². The number of hydrogen-bond donors (Lipinski definition) is 2. The molecule has 0 spiro atoms. The molecule has 1 aliphatic carbocycles. The summed E-state index contributed by atoms with van der Waals surface area (Å²) in [6, 6.07) is 0. The molecule has 0 aliphatic heterocycles. The van der Waals surface area contributed by atoms with E-state index in [1.54, 1.807) is 0 Å². The highest BCUT2D eigenvalue weighted by Gasteiger charge is 2.36. The SMILES string of the molecule is CC1CC[C@](C)(O)[C@@H](CC(=O)O)CCCCC1(C)C. The summed E-state index contributed by atoms with van der Waals surface area (Å²) in [4.78, 5) is 11.0. The number of rotatable bonds is 2. The van der Waals surface area contributed by atoms with Crippen LogP contribution in [0.25, 0.3) is 0 Å². The molecule has 1 saturated carbocycles. The summed E-state index contributed by atoms with van der Waals surface area (Å²) in [6.45, 7) is 8.69. The van der Waals surface area contributed by atoms with Gasteiger partial charge in [-0.2, -0.15) is 0 Å². The second kappa shape index (κ2) is 6.25. The fourth-order valence-electron chi connectivity index (χ4n) is 3.17. The van der Waals surface area contributed by atoms with Crippen molar-refractivity contribution in [1.29, 1.82) is 0 Å². The molecule has 112 valence electrons. The minimum Gasteiger partial charge on any atom is -0.481 e. The Morgan fingerprint density at radius 3 is 2.37 bits per heavy atom. The lowest BCUT2D eigenvalue weighted by molar-refractivity contribution is -0.141. The van der Waals surface area contributed by atoms with Gasteiger partial charge in [0.2, 0.25) is 0 Å². The van der Waals surface area contributed by atoms with E-state index in [0.717, 1.165) is 25.7 Å². The summed E-state index contributed by atoms with van der Waals surface area (Å²) in [5.74, 6) is -0.350. The summed E-state index contributed by atoms with van der Waals surface area (Å²) >= 11 is 0. The van der Waals surface area contributed by atoms with Crippen LogP contribution in [0.3, 0.4) is 0 Å². The number of carboxylic acids is 1. The maximum Gasteiger partial charge on any atom is 0.303 e. The highest BCUT2D eigenvalue weighted by Crippen LogP contribution is 2.40. The van der Waals surface area contributed by atoms with E-state index in [9.17, 15) is 9.90 Å². The molecule has 1 unspecified atom stereocenters. The second-order valence-corrected chi connectivity index (χ2v) is 7.33. The highest BCUT2D eigenvalue weighted by atomic mass is 16.4. The molecule has 0 aromatic heterocycles. The van der Waals surface area contributed by atoms with Crippen molar-refractivity contribution in [1.82, 2.24) is 0 Å². The average molecular weight is 270 g/mol. The molecular formula is C16H30O3. The Labute approximate surface area is 117 Å². The molecule has 3 heteroatoms. The Morgan fingerprint density at radius 2 is 1.79 bits per heavy atom. The summed E-state index contributed by atoms with van der Waals surface area (Å²) in [5.41, 5.74) is -0.532. The van der Waals surface area contributed by atoms with Gasteiger partial charge in [0.05, 0.1) is 12.0 Å². The average Bonchev–Trinajstić information content (AvgIpc) is 2.28. The van der Waals surface area contributed by atoms with Gasteiger partial charge in [-0.25, -0.2) is 0 Å². The van der Waals surface area contributed by atoms with Crippen LogP contribution >= 0.6 is 0 Å². The van der Waals surface area contributed by atoms with Gasteiger partial charge in [0.25, 0.3) is 0 Å². The third-order valence-electron chi connectivity index (χ3n) is 5.34.